The fourth-order valence-electron chi connectivity index (χ4n) is 1.11. The molecule has 1 aromatic heterocycles. The average molecular weight is 233 g/mol. The quantitative estimate of drug-likeness (QED) is 0.753. The molecule has 6 heteroatoms. The molecule has 1 heterocycles. The summed E-state index contributed by atoms with van der Waals surface area (Å²) in [6, 6.07) is 2.93. The molecule has 3 nitrogen and oxygen atoms in total. The van der Waals surface area contributed by atoms with Crippen molar-refractivity contribution < 1.29 is 13.5 Å². The zero-order valence-corrected chi connectivity index (χ0v) is 8.55. The van der Waals surface area contributed by atoms with Gasteiger partial charge in [0, 0.05) is 0 Å². The van der Waals surface area contributed by atoms with E-state index in [1.807, 2.05) is 6.07 Å². The summed E-state index contributed by atoms with van der Waals surface area (Å²) in [5.74, 6) is -0.145. The maximum atomic E-state index is 12.6. The molecule has 0 aliphatic carbocycles. The Kier molecular flexibility index (Phi) is 3.81. The first kappa shape index (κ1) is 11.7. The van der Waals surface area contributed by atoms with Gasteiger partial charge in [-0.1, -0.05) is 11.6 Å². The summed E-state index contributed by atoms with van der Waals surface area (Å²) in [6.07, 6.45) is -2.78. The topological polar surface area (TPSA) is 45.9 Å². The number of ether oxygens (including phenoxy) is 1. The summed E-state index contributed by atoms with van der Waals surface area (Å²) in [7, 11) is 1.23. The second-order valence-corrected chi connectivity index (χ2v) is 3.02. The number of pyridine rings is 1. The molecule has 15 heavy (non-hydrogen) atoms. The molecule has 0 atom stereocenters. The Morgan fingerprint density at radius 1 is 1.67 bits per heavy atom. The van der Waals surface area contributed by atoms with Crippen LogP contribution in [-0.4, -0.2) is 12.1 Å². The van der Waals surface area contributed by atoms with Crippen molar-refractivity contribution in [1.82, 2.24) is 4.98 Å². The van der Waals surface area contributed by atoms with Crippen LogP contribution in [0, 0.1) is 11.3 Å². The van der Waals surface area contributed by atoms with Gasteiger partial charge in [-0.3, -0.25) is 0 Å². The van der Waals surface area contributed by atoms with Gasteiger partial charge in [0.15, 0.2) is 10.9 Å². The number of hydrogen-bond donors (Lipinski definition) is 0. The van der Waals surface area contributed by atoms with Gasteiger partial charge in [0.25, 0.3) is 6.43 Å². The molecular formula is C9H7ClF2N2O. The van der Waals surface area contributed by atoms with Crippen LogP contribution in [0.4, 0.5) is 8.78 Å². The van der Waals surface area contributed by atoms with Gasteiger partial charge in [0.1, 0.15) is 0 Å². The molecular weight excluding hydrogens is 226 g/mol. The number of hydrogen-bond acceptors (Lipinski definition) is 3. The van der Waals surface area contributed by atoms with Crippen LogP contribution in [0.2, 0.25) is 5.15 Å². The first-order chi connectivity index (χ1) is 7.10. The number of rotatable bonds is 3. The van der Waals surface area contributed by atoms with Gasteiger partial charge in [-0.25, -0.2) is 13.8 Å². The van der Waals surface area contributed by atoms with E-state index in [9.17, 15) is 8.78 Å². The van der Waals surface area contributed by atoms with Gasteiger partial charge in [-0.15, -0.1) is 0 Å². The molecule has 0 fully saturated rings. The average Bonchev–Trinajstić information content (AvgIpc) is 2.17. The second-order valence-electron chi connectivity index (χ2n) is 2.66. The van der Waals surface area contributed by atoms with Crippen molar-refractivity contribution in [2.75, 3.05) is 7.11 Å². The molecule has 1 aromatic rings. The van der Waals surface area contributed by atoms with Crippen LogP contribution in [-0.2, 0) is 6.42 Å². The van der Waals surface area contributed by atoms with Crippen LogP contribution in [0.1, 0.15) is 17.7 Å². The van der Waals surface area contributed by atoms with Crippen molar-refractivity contribution in [2.45, 2.75) is 12.8 Å². The lowest BCUT2D eigenvalue weighted by molar-refractivity contribution is 0.147. The lowest BCUT2D eigenvalue weighted by Gasteiger charge is -2.10. The first-order valence-electron chi connectivity index (χ1n) is 3.98. The summed E-state index contributed by atoms with van der Waals surface area (Å²) < 4.78 is 29.8. The van der Waals surface area contributed by atoms with Crippen LogP contribution < -0.4 is 4.74 Å². The van der Waals surface area contributed by atoms with Gasteiger partial charge in [0.05, 0.1) is 30.9 Å². The molecule has 80 valence electrons. The van der Waals surface area contributed by atoms with Crippen molar-refractivity contribution in [3.8, 4) is 11.8 Å². The van der Waals surface area contributed by atoms with E-state index in [2.05, 4.69) is 4.98 Å². The smallest absolute Gasteiger partial charge is 0.267 e. The van der Waals surface area contributed by atoms with Crippen LogP contribution >= 0.6 is 11.6 Å². The third kappa shape index (κ3) is 2.54. The van der Waals surface area contributed by atoms with Gasteiger partial charge < -0.3 is 4.74 Å². The van der Waals surface area contributed by atoms with Crippen molar-refractivity contribution in [3.05, 3.63) is 22.5 Å². The largest absolute Gasteiger partial charge is 0.493 e. The Balaban J connectivity index is 3.27. The Morgan fingerprint density at radius 3 is 2.80 bits per heavy atom. The van der Waals surface area contributed by atoms with Gasteiger partial charge >= 0.3 is 0 Å². The highest BCUT2D eigenvalue weighted by Gasteiger charge is 2.19. The van der Waals surface area contributed by atoms with Crippen molar-refractivity contribution in [2.24, 2.45) is 0 Å². The Labute approximate surface area is 90.3 Å². The monoisotopic (exact) mass is 232 g/mol. The highest BCUT2D eigenvalue weighted by Crippen LogP contribution is 2.34. The lowest BCUT2D eigenvalue weighted by Crippen LogP contribution is -1.99. The fraction of sp³-hybridized carbons (Fsp3) is 0.333. The first-order valence-corrected chi connectivity index (χ1v) is 4.36. The predicted molar refractivity (Wildman–Crippen MR) is 50.1 cm³/mol. The molecule has 0 bridgehead atoms. The summed E-state index contributed by atoms with van der Waals surface area (Å²) in [6.45, 7) is 0. The molecule has 1 rings (SSSR count). The third-order valence-corrected chi connectivity index (χ3v) is 1.97. The molecule has 0 saturated carbocycles. The molecule has 0 radical (unpaired) electrons. The molecule has 0 aromatic carbocycles. The van der Waals surface area contributed by atoms with Crippen LogP contribution in [0.3, 0.4) is 0 Å². The van der Waals surface area contributed by atoms with E-state index in [1.54, 1.807) is 0 Å². The molecule has 0 aliphatic rings. The van der Waals surface area contributed by atoms with E-state index in [1.165, 1.54) is 7.11 Å². The normalized spacial score (nSPS) is 10.1. The number of methoxy groups -OCH3 is 1. The van der Waals surface area contributed by atoms with Crippen molar-refractivity contribution in [3.63, 3.8) is 0 Å². The number of halogens is 3. The molecule has 0 spiro atoms. The zero-order valence-electron chi connectivity index (χ0n) is 7.80. The Hall–Kier alpha value is -1.41. The van der Waals surface area contributed by atoms with E-state index >= 15 is 0 Å². The van der Waals surface area contributed by atoms with E-state index in [0.717, 1.165) is 6.07 Å². The molecule has 0 amide bonds. The van der Waals surface area contributed by atoms with Crippen molar-refractivity contribution >= 4 is 11.6 Å². The standard InChI is InChI=1S/C9H7ClF2N2O/c1-15-7-6(9(11)12)4-5(2-3-13)14-8(7)10/h4,9H,2H2,1H3. The highest BCUT2D eigenvalue weighted by atomic mass is 35.5. The minimum absolute atomic E-state index is 0.0660. The highest BCUT2D eigenvalue weighted by molar-refractivity contribution is 6.31. The van der Waals surface area contributed by atoms with Crippen LogP contribution in [0.25, 0.3) is 0 Å². The van der Waals surface area contributed by atoms with E-state index < -0.39 is 6.43 Å². The van der Waals surface area contributed by atoms with Gasteiger partial charge in [0.2, 0.25) is 0 Å². The predicted octanol–water partition coefficient (Wildman–Crippen LogP) is 2.75. The number of aromatic nitrogens is 1. The minimum Gasteiger partial charge on any atom is -0.493 e. The Bertz CT molecular complexity index is 404. The van der Waals surface area contributed by atoms with E-state index in [-0.39, 0.29) is 28.6 Å². The number of nitriles is 1. The fourth-order valence-corrected chi connectivity index (χ4v) is 1.40. The van der Waals surface area contributed by atoms with Crippen molar-refractivity contribution in [1.29, 1.82) is 5.26 Å². The molecule has 0 saturated heterocycles. The summed E-state index contributed by atoms with van der Waals surface area (Å²) in [5, 5.41) is 8.26. The second kappa shape index (κ2) is 4.89. The number of nitrogens with zero attached hydrogens (tertiary/aromatic N) is 2. The SMILES string of the molecule is COc1c(C(F)F)cc(CC#N)nc1Cl. The molecule has 0 aliphatic heterocycles. The van der Waals surface area contributed by atoms with Crippen LogP contribution in [0.5, 0.6) is 5.75 Å². The summed E-state index contributed by atoms with van der Waals surface area (Å²) >= 11 is 5.64. The summed E-state index contributed by atoms with van der Waals surface area (Å²) in [5.41, 5.74) is -0.138. The molecule has 0 unspecified atom stereocenters. The Morgan fingerprint density at radius 2 is 2.33 bits per heavy atom. The van der Waals surface area contributed by atoms with Crippen LogP contribution in [0.15, 0.2) is 6.07 Å². The van der Waals surface area contributed by atoms with Gasteiger partial charge in [-0.2, -0.15) is 5.26 Å². The maximum Gasteiger partial charge on any atom is 0.267 e. The maximum absolute atomic E-state index is 12.6. The van der Waals surface area contributed by atoms with E-state index in [4.69, 9.17) is 21.6 Å². The lowest BCUT2D eigenvalue weighted by atomic mass is 10.2. The number of alkyl halides is 2. The van der Waals surface area contributed by atoms with Gasteiger partial charge in [-0.05, 0) is 6.07 Å². The van der Waals surface area contributed by atoms with E-state index in [0.29, 0.717) is 0 Å². The third-order valence-electron chi connectivity index (χ3n) is 1.71. The molecule has 0 N–H and O–H groups in total. The zero-order chi connectivity index (χ0) is 11.4. The summed E-state index contributed by atoms with van der Waals surface area (Å²) in [4.78, 5) is 3.76. The minimum atomic E-state index is -2.71.